The Kier molecular flexibility index (Phi) is 6.53. The van der Waals surface area contributed by atoms with E-state index in [-0.39, 0.29) is 22.1 Å². The highest BCUT2D eigenvalue weighted by Crippen LogP contribution is 2.24. The van der Waals surface area contributed by atoms with Gasteiger partial charge in [-0.2, -0.15) is 0 Å². The number of benzene rings is 1. The molecule has 0 unspecified atom stereocenters. The highest BCUT2D eigenvalue weighted by molar-refractivity contribution is 6.38. The zero-order valence-corrected chi connectivity index (χ0v) is 15.8. The Labute approximate surface area is 161 Å². The third-order valence-corrected chi connectivity index (χ3v) is 4.90. The van der Waals surface area contributed by atoms with E-state index < -0.39 is 0 Å². The van der Waals surface area contributed by atoms with Gasteiger partial charge < -0.3 is 15.0 Å². The average Bonchev–Trinajstić information content (AvgIpc) is 2.61. The molecule has 26 heavy (non-hydrogen) atoms. The van der Waals surface area contributed by atoms with Gasteiger partial charge >= 0.3 is 0 Å². The summed E-state index contributed by atoms with van der Waals surface area (Å²) in [5, 5.41) is 3.84. The fourth-order valence-corrected chi connectivity index (χ4v) is 3.60. The lowest BCUT2D eigenvalue weighted by molar-refractivity contribution is 0.0372. The number of pyridine rings is 1. The number of nitrogens with zero attached hydrogens (tertiary/aromatic N) is 1. The molecule has 1 aliphatic rings. The fourth-order valence-electron chi connectivity index (χ4n) is 3.01. The third-order valence-electron chi connectivity index (χ3n) is 4.38. The van der Waals surface area contributed by atoms with Crippen molar-refractivity contribution >= 4 is 40.0 Å². The van der Waals surface area contributed by atoms with Crippen LogP contribution in [-0.4, -0.2) is 55.2 Å². The van der Waals surface area contributed by atoms with E-state index in [1.807, 2.05) is 0 Å². The molecule has 0 spiro atoms. The van der Waals surface area contributed by atoms with E-state index in [4.69, 9.17) is 27.9 Å². The molecular weight excluding hydrogens is 377 g/mol. The zero-order chi connectivity index (χ0) is 18.5. The number of rotatable bonds is 6. The minimum absolute atomic E-state index is 0.203. The maximum absolute atomic E-state index is 12.3. The van der Waals surface area contributed by atoms with Gasteiger partial charge in [-0.3, -0.25) is 14.5 Å². The molecule has 1 aromatic heterocycles. The largest absolute Gasteiger partial charge is 0.379 e. The summed E-state index contributed by atoms with van der Waals surface area (Å²) in [6.45, 7) is 5.08. The maximum Gasteiger partial charge on any atom is 0.267 e. The molecule has 1 aromatic carbocycles. The Balaban J connectivity index is 1.55. The zero-order valence-electron chi connectivity index (χ0n) is 14.3. The number of morpholine rings is 1. The minimum Gasteiger partial charge on any atom is -0.379 e. The van der Waals surface area contributed by atoms with Crippen molar-refractivity contribution in [2.45, 2.75) is 12.8 Å². The van der Waals surface area contributed by atoms with Crippen LogP contribution in [0.2, 0.25) is 10.0 Å². The van der Waals surface area contributed by atoms with Crippen LogP contribution in [0, 0.1) is 0 Å². The molecule has 0 saturated carbocycles. The first kappa shape index (κ1) is 19.2. The number of carbonyl (C=O) groups is 1. The highest BCUT2D eigenvalue weighted by atomic mass is 35.5. The molecule has 0 atom stereocenters. The minimum atomic E-state index is -0.313. The van der Waals surface area contributed by atoms with E-state index in [1.165, 1.54) is 12.1 Å². The summed E-state index contributed by atoms with van der Waals surface area (Å²) in [5.41, 5.74) is 0.347. The second-order valence-electron chi connectivity index (χ2n) is 6.27. The van der Waals surface area contributed by atoms with Crippen LogP contribution in [0.25, 0.3) is 10.9 Å². The van der Waals surface area contributed by atoms with Gasteiger partial charge in [-0.15, -0.1) is 0 Å². The number of hydrogen-bond donors (Lipinski definition) is 2. The molecule has 8 heteroatoms. The molecule has 1 aliphatic heterocycles. The summed E-state index contributed by atoms with van der Waals surface area (Å²) in [4.78, 5) is 29.8. The SMILES string of the molecule is O=C(NCCCCN1CCOCC1)c1cc(=O)c2c(Cl)cc(Cl)cc2[nH]1. The Hall–Kier alpha value is -1.60. The van der Waals surface area contributed by atoms with E-state index in [9.17, 15) is 9.59 Å². The van der Waals surface area contributed by atoms with Crippen molar-refractivity contribution in [1.29, 1.82) is 0 Å². The smallest absolute Gasteiger partial charge is 0.267 e. The Bertz CT molecular complexity index is 847. The molecule has 1 amide bonds. The lowest BCUT2D eigenvalue weighted by Gasteiger charge is -2.26. The number of unbranched alkanes of at least 4 members (excludes halogenated alkanes) is 1. The average molecular weight is 398 g/mol. The van der Waals surface area contributed by atoms with E-state index in [1.54, 1.807) is 6.07 Å². The number of aromatic amines is 1. The molecule has 0 aliphatic carbocycles. The summed E-state index contributed by atoms with van der Waals surface area (Å²) in [7, 11) is 0. The first-order valence-corrected chi connectivity index (χ1v) is 9.40. The third kappa shape index (κ3) is 4.76. The number of ether oxygens (including phenoxy) is 1. The van der Waals surface area contributed by atoms with E-state index in [0.717, 1.165) is 45.7 Å². The summed E-state index contributed by atoms with van der Waals surface area (Å²) in [6.07, 6.45) is 1.87. The van der Waals surface area contributed by atoms with Gasteiger partial charge in [0.05, 0.1) is 29.1 Å². The molecule has 1 saturated heterocycles. The normalized spacial score (nSPS) is 15.3. The van der Waals surface area contributed by atoms with E-state index >= 15 is 0 Å². The van der Waals surface area contributed by atoms with Crippen LogP contribution in [-0.2, 0) is 4.74 Å². The molecule has 0 radical (unpaired) electrons. The Morgan fingerprint density at radius 1 is 1.19 bits per heavy atom. The fraction of sp³-hybridized carbons (Fsp3) is 0.444. The second-order valence-corrected chi connectivity index (χ2v) is 7.12. The van der Waals surface area contributed by atoms with Crippen molar-refractivity contribution < 1.29 is 9.53 Å². The molecule has 140 valence electrons. The maximum atomic E-state index is 12.3. The lowest BCUT2D eigenvalue weighted by Crippen LogP contribution is -2.37. The van der Waals surface area contributed by atoms with Crippen LogP contribution in [0.5, 0.6) is 0 Å². The lowest BCUT2D eigenvalue weighted by atomic mass is 10.2. The van der Waals surface area contributed by atoms with Crippen LogP contribution in [0.4, 0.5) is 0 Å². The van der Waals surface area contributed by atoms with Crippen molar-refractivity contribution in [3.8, 4) is 0 Å². The number of halogens is 2. The topological polar surface area (TPSA) is 74.4 Å². The monoisotopic (exact) mass is 397 g/mol. The van der Waals surface area contributed by atoms with Gasteiger partial charge in [-0.1, -0.05) is 23.2 Å². The quantitative estimate of drug-likeness (QED) is 0.734. The first-order chi connectivity index (χ1) is 12.5. The molecule has 2 aromatic rings. The molecule has 3 rings (SSSR count). The molecule has 6 nitrogen and oxygen atoms in total. The van der Waals surface area contributed by atoms with E-state index in [2.05, 4.69) is 15.2 Å². The van der Waals surface area contributed by atoms with Gasteiger partial charge in [-0.05, 0) is 31.5 Å². The van der Waals surface area contributed by atoms with Gasteiger partial charge in [-0.25, -0.2) is 0 Å². The molecule has 2 N–H and O–H groups in total. The van der Waals surface area contributed by atoms with Gasteiger partial charge in [0.1, 0.15) is 5.69 Å². The molecular formula is C18H21Cl2N3O3. The Morgan fingerprint density at radius 2 is 1.96 bits per heavy atom. The van der Waals surface area contributed by atoms with Crippen LogP contribution in [0.15, 0.2) is 23.0 Å². The number of carbonyl (C=O) groups excluding carboxylic acids is 1. The Morgan fingerprint density at radius 3 is 2.73 bits per heavy atom. The number of fused-ring (bicyclic) bond motifs is 1. The van der Waals surface area contributed by atoms with Gasteiger partial charge in [0.15, 0.2) is 5.43 Å². The summed E-state index contributed by atoms with van der Waals surface area (Å²) >= 11 is 12.0. The standard InChI is InChI=1S/C18H21Cl2N3O3/c19-12-9-13(20)17-14(10-12)22-15(11-16(17)24)18(25)21-3-1-2-4-23-5-7-26-8-6-23/h9-11H,1-8H2,(H,21,25)(H,22,24). The van der Waals surface area contributed by atoms with Crippen LogP contribution >= 0.6 is 23.2 Å². The molecule has 0 bridgehead atoms. The van der Waals surface area contributed by atoms with Crippen molar-refractivity contribution in [3.05, 3.63) is 44.2 Å². The summed E-state index contributed by atoms with van der Waals surface area (Å²) < 4.78 is 5.32. The first-order valence-electron chi connectivity index (χ1n) is 8.65. The second kappa shape index (κ2) is 8.86. The van der Waals surface area contributed by atoms with Gasteiger partial charge in [0.2, 0.25) is 0 Å². The molecule has 1 fully saturated rings. The van der Waals surface area contributed by atoms with Crippen molar-refractivity contribution in [3.63, 3.8) is 0 Å². The van der Waals surface area contributed by atoms with Crippen molar-refractivity contribution in [1.82, 2.24) is 15.2 Å². The number of aromatic nitrogens is 1. The number of hydrogen-bond acceptors (Lipinski definition) is 4. The van der Waals surface area contributed by atoms with Crippen molar-refractivity contribution in [2.75, 3.05) is 39.4 Å². The predicted octanol–water partition coefficient (Wildman–Crippen LogP) is 2.68. The number of nitrogens with one attached hydrogen (secondary N) is 2. The highest BCUT2D eigenvalue weighted by Gasteiger charge is 2.13. The van der Waals surface area contributed by atoms with Crippen LogP contribution < -0.4 is 10.7 Å². The van der Waals surface area contributed by atoms with E-state index in [0.29, 0.717) is 22.5 Å². The number of H-pyrrole nitrogens is 1. The number of amides is 1. The summed E-state index contributed by atoms with van der Waals surface area (Å²) in [6, 6.07) is 4.36. The van der Waals surface area contributed by atoms with Gasteiger partial charge in [0, 0.05) is 30.7 Å². The molecule has 2 heterocycles. The van der Waals surface area contributed by atoms with Gasteiger partial charge in [0.25, 0.3) is 5.91 Å². The van der Waals surface area contributed by atoms with Crippen LogP contribution in [0.1, 0.15) is 23.3 Å². The predicted molar refractivity (Wildman–Crippen MR) is 103 cm³/mol. The summed E-state index contributed by atoms with van der Waals surface area (Å²) in [5.74, 6) is -0.313. The van der Waals surface area contributed by atoms with Crippen LogP contribution in [0.3, 0.4) is 0 Å². The van der Waals surface area contributed by atoms with Crippen molar-refractivity contribution in [2.24, 2.45) is 0 Å².